The van der Waals surface area contributed by atoms with Crippen LogP contribution in [0.15, 0.2) is 72.8 Å². The van der Waals surface area contributed by atoms with Crippen molar-refractivity contribution in [2.75, 3.05) is 26.9 Å². The molecular formula is C34H44N2O5. The molecule has 7 nitrogen and oxygen atoms in total. The third-order valence-electron chi connectivity index (χ3n) is 6.82. The van der Waals surface area contributed by atoms with Crippen LogP contribution >= 0.6 is 0 Å². The fraction of sp³-hybridized carbons (Fsp3) is 0.412. The van der Waals surface area contributed by atoms with Gasteiger partial charge < -0.3 is 24.4 Å². The molecule has 1 N–H and O–H groups in total. The molecule has 0 heterocycles. The highest BCUT2D eigenvalue weighted by Crippen LogP contribution is 2.29. The number of hydrogen-bond acceptors (Lipinski definition) is 5. The van der Waals surface area contributed by atoms with E-state index in [0.29, 0.717) is 56.4 Å². The average molecular weight is 561 g/mol. The molecule has 2 amide bonds. The summed E-state index contributed by atoms with van der Waals surface area (Å²) in [5, 5.41) is 3.07. The second-order valence-electron chi connectivity index (χ2n) is 9.87. The van der Waals surface area contributed by atoms with Crippen molar-refractivity contribution in [3.63, 3.8) is 0 Å². The average Bonchev–Trinajstić information content (AvgIpc) is 2.99. The van der Waals surface area contributed by atoms with Crippen LogP contribution in [0.4, 0.5) is 0 Å². The third-order valence-corrected chi connectivity index (χ3v) is 6.82. The largest absolute Gasteiger partial charge is 0.497 e. The third kappa shape index (κ3) is 9.85. The number of nitrogens with one attached hydrogen (secondary N) is 1. The molecule has 3 rings (SSSR count). The number of ether oxygens (including phenoxy) is 3. The molecule has 220 valence electrons. The van der Waals surface area contributed by atoms with E-state index in [1.807, 2.05) is 86.6 Å². The summed E-state index contributed by atoms with van der Waals surface area (Å²) in [7, 11) is 1.62. The number of aryl methyl sites for hydroxylation is 1. The van der Waals surface area contributed by atoms with Gasteiger partial charge in [-0.25, -0.2) is 0 Å². The van der Waals surface area contributed by atoms with Gasteiger partial charge in [0.1, 0.15) is 11.8 Å². The Morgan fingerprint density at radius 3 is 2.27 bits per heavy atom. The van der Waals surface area contributed by atoms with Crippen molar-refractivity contribution in [3.05, 3.63) is 89.5 Å². The van der Waals surface area contributed by atoms with Gasteiger partial charge in [-0.15, -0.1) is 0 Å². The van der Waals surface area contributed by atoms with E-state index in [0.717, 1.165) is 29.5 Å². The molecule has 3 aromatic rings. The first-order valence-corrected chi connectivity index (χ1v) is 14.6. The zero-order chi connectivity index (χ0) is 29.5. The van der Waals surface area contributed by atoms with Crippen molar-refractivity contribution in [1.82, 2.24) is 10.2 Å². The SMILES string of the molecule is CCCCNC(=O)[C@H](Cc1ccccc1)N(Cc1cccc(OC)c1)C(=O)CCc1ccc(OCC)c(OCC)c1. The van der Waals surface area contributed by atoms with E-state index < -0.39 is 6.04 Å². The van der Waals surface area contributed by atoms with Crippen LogP contribution in [0.2, 0.25) is 0 Å². The Morgan fingerprint density at radius 2 is 1.56 bits per heavy atom. The molecule has 41 heavy (non-hydrogen) atoms. The minimum Gasteiger partial charge on any atom is -0.497 e. The van der Waals surface area contributed by atoms with Crippen molar-refractivity contribution in [2.45, 2.75) is 65.5 Å². The number of benzene rings is 3. The number of methoxy groups -OCH3 is 1. The monoisotopic (exact) mass is 560 g/mol. The maximum absolute atomic E-state index is 14.0. The van der Waals surface area contributed by atoms with Gasteiger partial charge in [0.15, 0.2) is 11.5 Å². The van der Waals surface area contributed by atoms with Gasteiger partial charge in [-0.05, 0) is 67.6 Å². The Labute approximate surface area is 244 Å². The van der Waals surface area contributed by atoms with E-state index >= 15 is 0 Å². The van der Waals surface area contributed by atoms with Crippen molar-refractivity contribution >= 4 is 11.8 Å². The number of amides is 2. The van der Waals surface area contributed by atoms with Gasteiger partial charge in [0.25, 0.3) is 0 Å². The molecule has 7 heteroatoms. The van der Waals surface area contributed by atoms with Crippen LogP contribution in [0.3, 0.4) is 0 Å². The fourth-order valence-corrected chi connectivity index (χ4v) is 4.67. The van der Waals surface area contributed by atoms with Gasteiger partial charge >= 0.3 is 0 Å². The highest BCUT2D eigenvalue weighted by atomic mass is 16.5. The molecule has 0 unspecified atom stereocenters. The summed E-state index contributed by atoms with van der Waals surface area (Å²) < 4.78 is 16.9. The Kier molecular flexibility index (Phi) is 13.0. The molecule has 0 saturated carbocycles. The van der Waals surface area contributed by atoms with Gasteiger partial charge in [-0.1, -0.05) is 61.9 Å². The van der Waals surface area contributed by atoms with E-state index in [9.17, 15) is 9.59 Å². The predicted molar refractivity (Wildman–Crippen MR) is 162 cm³/mol. The second-order valence-corrected chi connectivity index (χ2v) is 9.87. The van der Waals surface area contributed by atoms with Gasteiger partial charge in [0, 0.05) is 25.9 Å². The first-order valence-electron chi connectivity index (χ1n) is 14.6. The lowest BCUT2D eigenvalue weighted by Gasteiger charge is -2.32. The predicted octanol–water partition coefficient (Wildman–Crippen LogP) is 5.98. The highest BCUT2D eigenvalue weighted by molar-refractivity contribution is 5.88. The summed E-state index contributed by atoms with van der Waals surface area (Å²) >= 11 is 0. The summed E-state index contributed by atoms with van der Waals surface area (Å²) in [4.78, 5) is 29.3. The summed E-state index contributed by atoms with van der Waals surface area (Å²) in [5.74, 6) is 1.84. The molecule has 0 aliphatic heterocycles. The van der Waals surface area contributed by atoms with Crippen LogP contribution in [0.1, 0.15) is 56.7 Å². The lowest BCUT2D eigenvalue weighted by Crippen LogP contribution is -2.50. The molecule has 0 bridgehead atoms. The zero-order valence-electron chi connectivity index (χ0n) is 24.9. The maximum Gasteiger partial charge on any atom is 0.243 e. The lowest BCUT2D eigenvalue weighted by molar-refractivity contribution is -0.141. The molecule has 0 spiro atoms. The van der Waals surface area contributed by atoms with Crippen LogP contribution in [0, 0.1) is 0 Å². The van der Waals surface area contributed by atoms with Crippen LogP contribution in [0.5, 0.6) is 17.2 Å². The van der Waals surface area contributed by atoms with Crippen LogP contribution in [-0.2, 0) is 29.0 Å². The minimum absolute atomic E-state index is 0.0914. The Morgan fingerprint density at radius 1 is 0.829 bits per heavy atom. The second kappa shape index (κ2) is 17.0. The summed E-state index contributed by atoms with van der Waals surface area (Å²) in [6.45, 7) is 7.89. The first kappa shape index (κ1) is 31.5. The van der Waals surface area contributed by atoms with E-state index in [4.69, 9.17) is 14.2 Å². The smallest absolute Gasteiger partial charge is 0.243 e. The number of hydrogen-bond donors (Lipinski definition) is 1. The normalized spacial score (nSPS) is 11.4. The molecule has 0 fully saturated rings. The molecule has 1 atom stereocenters. The van der Waals surface area contributed by atoms with Crippen molar-refractivity contribution in [2.24, 2.45) is 0 Å². The summed E-state index contributed by atoms with van der Waals surface area (Å²) in [5.41, 5.74) is 2.87. The number of carbonyl (C=O) groups excluding carboxylic acids is 2. The van der Waals surface area contributed by atoms with Crippen LogP contribution in [-0.4, -0.2) is 49.6 Å². The van der Waals surface area contributed by atoms with E-state index in [1.54, 1.807) is 12.0 Å². The Bertz CT molecular complexity index is 1230. The molecule has 0 aliphatic rings. The fourth-order valence-electron chi connectivity index (χ4n) is 4.67. The molecule has 3 aromatic carbocycles. The summed E-state index contributed by atoms with van der Waals surface area (Å²) in [6, 6.07) is 22.6. The Balaban J connectivity index is 1.90. The van der Waals surface area contributed by atoms with Gasteiger partial charge in [-0.2, -0.15) is 0 Å². The minimum atomic E-state index is -0.660. The maximum atomic E-state index is 14.0. The van der Waals surface area contributed by atoms with Crippen LogP contribution in [0.25, 0.3) is 0 Å². The molecule has 0 aromatic heterocycles. The van der Waals surface area contributed by atoms with Crippen molar-refractivity contribution < 1.29 is 23.8 Å². The van der Waals surface area contributed by atoms with Crippen molar-refractivity contribution in [1.29, 1.82) is 0 Å². The molecule has 0 aliphatic carbocycles. The van der Waals surface area contributed by atoms with Crippen LogP contribution < -0.4 is 19.5 Å². The first-order chi connectivity index (χ1) is 20.0. The van der Waals surface area contributed by atoms with E-state index in [2.05, 4.69) is 12.2 Å². The quantitative estimate of drug-likeness (QED) is 0.206. The topological polar surface area (TPSA) is 77.1 Å². The standard InChI is InChI=1S/C34H44N2O5/c1-5-8-21-35-34(38)30(23-26-13-10-9-11-14-26)36(25-28-15-12-16-29(22-28)39-4)33(37)20-18-27-17-19-31(40-6-2)32(24-27)41-7-3/h9-17,19,22,24,30H,5-8,18,20-21,23,25H2,1-4H3,(H,35,38)/t30-/m0/s1. The van der Waals surface area contributed by atoms with E-state index in [1.165, 1.54) is 0 Å². The Hall–Kier alpha value is -4.00. The number of nitrogens with zero attached hydrogens (tertiary/aromatic N) is 1. The molecule has 0 saturated heterocycles. The number of carbonyl (C=O) groups is 2. The molecular weight excluding hydrogens is 516 g/mol. The zero-order valence-corrected chi connectivity index (χ0v) is 24.9. The number of rotatable bonds is 17. The van der Waals surface area contributed by atoms with E-state index in [-0.39, 0.29) is 18.2 Å². The van der Waals surface area contributed by atoms with Gasteiger partial charge in [0.05, 0.1) is 20.3 Å². The van der Waals surface area contributed by atoms with Crippen molar-refractivity contribution in [3.8, 4) is 17.2 Å². The molecule has 0 radical (unpaired) electrons. The number of unbranched alkanes of at least 4 members (excludes halogenated alkanes) is 1. The van der Waals surface area contributed by atoms with Gasteiger partial charge in [-0.3, -0.25) is 9.59 Å². The lowest BCUT2D eigenvalue weighted by atomic mass is 10.0. The van der Waals surface area contributed by atoms with Gasteiger partial charge in [0.2, 0.25) is 11.8 Å². The highest BCUT2D eigenvalue weighted by Gasteiger charge is 2.30. The summed E-state index contributed by atoms with van der Waals surface area (Å²) in [6.07, 6.45) is 3.04.